The van der Waals surface area contributed by atoms with E-state index < -0.39 is 23.3 Å². The molecule has 1 aliphatic carbocycles. The van der Waals surface area contributed by atoms with Crippen LogP contribution in [0.5, 0.6) is 0 Å². The van der Waals surface area contributed by atoms with Gasteiger partial charge in [0.25, 0.3) is 0 Å². The van der Waals surface area contributed by atoms with Gasteiger partial charge < -0.3 is 4.57 Å². The monoisotopic (exact) mass is 565 g/mol. The summed E-state index contributed by atoms with van der Waals surface area (Å²) < 4.78 is 36.6. The third kappa shape index (κ3) is 4.90. The highest BCUT2D eigenvalue weighted by atomic mass is 35.5. The Morgan fingerprint density at radius 2 is 1.88 bits per heavy atom. The standard InChI is InChI=1S/C28H26ClF2N7O2/c1-14-6-8-16(9-7-14)13-38-23-22(17-10-18(29)12-32-11-17)33-25(26-36-28(39)40-37-26)34-24(23)35-27(38)15(2)21-19(30)4-3-5-20(21)31/h3-5,10-12,14-16H,6-9,13H2,1-2H3,(H,36,37,39)/t14-,15?,16-. The summed E-state index contributed by atoms with van der Waals surface area (Å²) in [6.45, 7) is 4.56. The predicted octanol–water partition coefficient (Wildman–Crippen LogP) is 6.14. The third-order valence-electron chi connectivity index (χ3n) is 7.66. The molecule has 0 saturated heterocycles. The highest BCUT2D eigenvalue weighted by molar-refractivity contribution is 6.30. The van der Waals surface area contributed by atoms with E-state index in [1.807, 2.05) is 4.57 Å². The molecule has 1 saturated carbocycles. The first-order valence-corrected chi connectivity index (χ1v) is 13.6. The number of rotatable bonds is 6. The SMILES string of the molecule is CC(c1c(F)cccc1F)c1nc2nc(-c3noc(=O)[nH]3)nc(-c3cncc(Cl)c3)c2n1C[C@H]1CC[C@H](C)CC1. The lowest BCUT2D eigenvalue weighted by Crippen LogP contribution is -2.20. The normalized spacial score (nSPS) is 18.3. The van der Waals surface area contributed by atoms with Crippen LogP contribution in [0.1, 0.15) is 56.8 Å². The van der Waals surface area contributed by atoms with Crippen LogP contribution >= 0.6 is 11.6 Å². The van der Waals surface area contributed by atoms with Crippen molar-refractivity contribution < 1.29 is 13.3 Å². The summed E-state index contributed by atoms with van der Waals surface area (Å²) in [6.07, 6.45) is 7.38. The van der Waals surface area contributed by atoms with E-state index in [9.17, 15) is 13.6 Å². The van der Waals surface area contributed by atoms with Gasteiger partial charge >= 0.3 is 5.76 Å². The van der Waals surface area contributed by atoms with E-state index in [0.717, 1.165) is 25.7 Å². The average molecular weight is 566 g/mol. The fourth-order valence-corrected chi connectivity index (χ4v) is 5.74. The Balaban J connectivity index is 1.61. The Morgan fingerprint density at radius 1 is 1.12 bits per heavy atom. The van der Waals surface area contributed by atoms with Gasteiger partial charge in [-0.1, -0.05) is 49.5 Å². The molecule has 1 fully saturated rings. The van der Waals surface area contributed by atoms with Crippen molar-refractivity contribution in [3.63, 3.8) is 0 Å². The number of imidazole rings is 1. The van der Waals surface area contributed by atoms with Gasteiger partial charge in [0.2, 0.25) is 11.6 Å². The molecule has 0 amide bonds. The molecule has 4 heterocycles. The minimum Gasteiger partial charge on any atom is -0.324 e. The maximum Gasteiger partial charge on any atom is 0.439 e. The van der Waals surface area contributed by atoms with E-state index in [1.54, 1.807) is 19.2 Å². The summed E-state index contributed by atoms with van der Waals surface area (Å²) in [5.74, 6) is -1.26. The topological polar surface area (TPSA) is 115 Å². The maximum absolute atomic E-state index is 15.0. The molecule has 9 nitrogen and oxygen atoms in total. The predicted molar refractivity (Wildman–Crippen MR) is 145 cm³/mol. The summed E-state index contributed by atoms with van der Waals surface area (Å²) in [4.78, 5) is 32.5. The molecule has 6 rings (SSSR count). The number of nitrogens with zero attached hydrogens (tertiary/aromatic N) is 6. The van der Waals surface area contributed by atoms with Gasteiger partial charge in [-0.05, 0) is 42.9 Å². The van der Waals surface area contributed by atoms with E-state index in [4.69, 9.17) is 21.6 Å². The quantitative estimate of drug-likeness (QED) is 0.263. The van der Waals surface area contributed by atoms with Crippen molar-refractivity contribution in [2.45, 2.75) is 52.0 Å². The van der Waals surface area contributed by atoms with Crippen LogP contribution in [0.3, 0.4) is 0 Å². The number of benzene rings is 1. The lowest BCUT2D eigenvalue weighted by Gasteiger charge is -2.28. The number of fused-ring (bicyclic) bond motifs is 1. The van der Waals surface area contributed by atoms with Crippen LogP contribution in [0.25, 0.3) is 34.1 Å². The second-order valence-electron chi connectivity index (χ2n) is 10.5. The van der Waals surface area contributed by atoms with Crippen LogP contribution in [0.4, 0.5) is 8.78 Å². The van der Waals surface area contributed by atoms with E-state index in [1.165, 1.54) is 24.4 Å². The van der Waals surface area contributed by atoms with Gasteiger partial charge in [0.15, 0.2) is 5.65 Å². The molecule has 206 valence electrons. The summed E-state index contributed by atoms with van der Waals surface area (Å²) in [7, 11) is 0. The van der Waals surface area contributed by atoms with Crippen molar-refractivity contribution in [2.24, 2.45) is 11.8 Å². The van der Waals surface area contributed by atoms with Crippen molar-refractivity contribution in [2.75, 3.05) is 0 Å². The van der Waals surface area contributed by atoms with Crippen molar-refractivity contribution in [1.82, 2.24) is 34.6 Å². The summed E-state index contributed by atoms with van der Waals surface area (Å²) in [6, 6.07) is 5.54. The molecule has 4 aromatic heterocycles. The highest BCUT2D eigenvalue weighted by Gasteiger charge is 2.29. The fourth-order valence-electron chi connectivity index (χ4n) is 5.57. The van der Waals surface area contributed by atoms with Crippen molar-refractivity contribution >= 4 is 22.8 Å². The number of aromatic nitrogens is 7. The van der Waals surface area contributed by atoms with Crippen LogP contribution in [0, 0.1) is 23.5 Å². The zero-order chi connectivity index (χ0) is 28.0. The maximum atomic E-state index is 15.0. The third-order valence-corrected chi connectivity index (χ3v) is 7.87. The molecule has 1 N–H and O–H groups in total. The van der Waals surface area contributed by atoms with E-state index >= 15 is 0 Å². The highest BCUT2D eigenvalue weighted by Crippen LogP contribution is 2.37. The van der Waals surface area contributed by atoms with Crippen LogP contribution in [-0.2, 0) is 6.54 Å². The molecule has 1 aromatic carbocycles. The van der Waals surface area contributed by atoms with E-state index in [0.29, 0.717) is 46.0 Å². The Kier molecular flexibility index (Phi) is 6.91. The molecule has 5 aromatic rings. The molecule has 40 heavy (non-hydrogen) atoms. The number of aromatic amines is 1. The zero-order valence-electron chi connectivity index (χ0n) is 21.9. The Bertz CT molecular complexity index is 1740. The zero-order valence-corrected chi connectivity index (χ0v) is 22.6. The fraction of sp³-hybridized carbons (Fsp3) is 0.357. The molecule has 0 spiro atoms. The molecule has 1 atom stereocenters. The number of H-pyrrole nitrogens is 1. The molecule has 1 unspecified atom stereocenters. The Labute approximate surface area is 232 Å². The van der Waals surface area contributed by atoms with Crippen molar-refractivity contribution in [3.05, 3.63) is 75.3 Å². The number of halogens is 3. The molecule has 0 bridgehead atoms. The lowest BCUT2D eigenvalue weighted by atomic mass is 9.83. The first kappa shape index (κ1) is 26.2. The second kappa shape index (κ2) is 10.5. The van der Waals surface area contributed by atoms with Gasteiger partial charge in [0.05, 0.1) is 5.02 Å². The number of pyridine rings is 1. The molecule has 1 aliphatic rings. The molecular formula is C28H26ClF2N7O2. The summed E-state index contributed by atoms with van der Waals surface area (Å²) >= 11 is 6.30. The van der Waals surface area contributed by atoms with E-state index in [-0.39, 0.29) is 22.9 Å². The van der Waals surface area contributed by atoms with Crippen molar-refractivity contribution in [1.29, 1.82) is 0 Å². The van der Waals surface area contributed by atoms with Gasteiger partial charge in [0.1, 0.15) is 28.7 Å². The molecule has 12 heteroatoms. The second-order valence-corrected chi connectivity index (χ2v) is 10.9. The van der Waals surface area contributed by atoms with Crippen LogP contribution in [0.2, 0.25) is 5.02 Å². The first-order chi connectivity index (χ1) is 19.3. The average Bonchev–Trinajstić information content (AvgIpc) is 3.53. The van der Waals surface area contributed by atoms with Gasteiger partial charge in [-0.25, -0.2) is 28.5 Å². The largest absolute Gasteiger partial charge is 0.439 e. The number of hydrogen-bond donors (Lipinski definition) is 1. The first-order valence-electron chi connectivity index (χ1n) is 13.2. The molecular weight excluding hydrogens is 540 g/mol. The Morgan fingerprint density at radius 3 is 2.55 bits per heavy atom. The van der Waals surface area contributed by atoms with Crippen LogP contribution in [0.15, 0.2) is 46.0 Å². The molecule has 0 radical (unpaired) electrons. The number of nitrogens with one attached hydrogen (secondary N) is 1. The van der Waals surface area contributed by atoms with Crippen LogP contribution < -0.4 is 5.76 Å². The lowest BCUT2D eigenvalue weighted by molar-refractivity contribution is 0.264. The van der Waals surface area contributed by atoms with E-state index in [2.05, 4.69) is 31.6 Å². The molecule has 0 aliphatic heterocycles. The van der Waals surface area contributed by atoms with Crippen molar-refractivity contribution in [3.8, 4) is 22.9 Å². The summed E-state index contributed by atoms with van der Waals surface area (Å²) in [5.41, 5.74) is 1.82. The van der Waals surface area contributed by atoms with Gasteiger partial charge in [0, 0.05) is 36.0 Å². The van der Waals surface area contributed by atoms with Gasteiger partial charge in [-0.3, -0.25) is 14.5 Å². The number of hydrogen-bond acceptors (Lipinski definition) is 7. The smallest absolute Gasteiger partial charge is 0.324 e. The Hall–Kier alpha value is -3.99. The van der Waals surface area contributed by atoms with Gasteiger partial charge in [-0.15, -0.1) is 0 Å². The minimum atomic E-state index is -0.758. The summed E-state index contributed by atoms with van der Waals surface area (Å²) in [5, 5.41) is 4.14. The van der Waals surface area contributed by atoms with Crippen LogP contribution in [-0.4, -0.2) is 34.6 Å². The minimum absolute atomic E-state index is 0.0219. The van der Waals surface area contributed by atoms with Gasteiger partial charge in [-0.2, -0.15) is 0 Å².